The zero-order valence-corrected chi connectivity index (χ0v) is 11.7. The summed E-state index contributed by atoms with van der Waals surface area (Å²) >= 11 is 0. The van der Waals surface area contributed by atoms with Crippen molar-refractivity contribution < 1.29 is 28.0 Å². The molecular weight excluding hydrogens is 305 g/mol. The first kappa shape index (κ1) is 17.9. The predicted octanol–water partition coefficient (Wildman–Crippen LogP) is 2.50. The van der Waals surface area contributed by atoms with Crippen molar-refractivity contribution in [2.75, 3.05) is 6.54 Å². The molecule has 0 aromatic heterocycles. The number of nitro groups is 1. The molecule has 1 unspecified atom stereocenters. The lowest BCUT2D eigenvalue weighted by Gasteiger charge is -2.10. The summed E-state index contributed by atoms with van der Waals surface area (Å²) in [6.07, 6.45) is -4.62. The first-order valence-electron chi connectivity index (χ1n) is 6.48. The van der Waals surface area contributed by atoms with Crippen LogP contribution in [0.25, 0.3) is 0 Å². The fraction of sp³-hybridized carbons (Fsp3) is 0.462. The van der Waals surface area contributed by atoms with Crippen LogP contribution < -0.4 is 5.32 Å². The van der Waals surface area contributed by atoms with E-state index in [2.05, 4.69) is 5.32 Å². The maximum absolute atomic E-state index is 12.5. The molecule has 6 nitrogen and oxygen atoms in total. The zero-order chi connectivity index (χ0) is 16.9. The number of nitrogens with zero attached hydrogens (tertiary/aromatic N) is 1. The Bertz CT molecular complexity index is 561. The van der Waals surface area contributed by atoms with Gasteiger partial charge in [0.05, 0.1) is 16.6 Å². The molecule has 1 aromatic rings. The Morgan fingerprint density at radius 1 is 1.45 bits per heavy atom. The lowest BCUT2D eigenvalue weighted by Crippen LogP contribution is -2.27. The van der Waals surface area contributed by atoms with Gasteiger partial charge in [-0.25, -0.2) is 0 Å². The van der Waals surface area contributed by atoms with Gasteiger partial charge >= 0.3 is 6.18 Å². The number of hydrogen-bond acceptors (Lipinski definition) is 4. The molecule has 1 aromatic carbocycles. The summed E-state index contributed by atoms with van der Waals surface area (Å²) in [5.74, 6) is -0.858. The zero-order valence-electron chi connectivity index (χ0n) is 11.7. The van der Waals surface area contributed by atoms with Gasteiger partial charge in [-0.05, 0) is 25.0 Å². The summed E-state index contributed by atoms with van der Waals surface area (Å²) in [7, 11) is 0. The number of nitro benzene ring substituents is 1. The summed E-state index contributed by atoms with van der Waals surface area (Å²) < 4.78 is 37.6. The van der Waals surface area contributed by atoms with Gasteiger partial charge in [0.25, 0.3) is 11.6 Å². The van der Waals surface area contributed by atoms with Crippen molar-refractivity contribution in [3.8, 4) is 0 Å². The maximum Gasteiger partial charge on any atom is 0.416 e. The van der Waals surface area contributed by atoms with Gasteiger partial charge in [-0.2, -0.15) is 13.2 Å². The number of halogens is 3. The van der Waals surface area contributed by atoms with Gasteiger partial charge in [0.2, 0.25) is 0 Å². The van der Waals surface area contributed by atoms with E-state index in [1.807, 2.05) is 0 Å². The van der Waals surface area contributed by atoms with Gasteiger partial charge in [0.1, 0.15) is 5.56 Å². The fourth-order valence-corrected chi connectivity index (χ4v) is 1.70. The van der Waals surface area contributed by atoms with Crippen molar-refractivity contribution >= 4 is 11.6 Å². The van der Waals surface area contributed by atoms with Crippen LogP contribution in [-0.4, -0.2) is 28.6 Å². The third kappa shape index (κ3) is 4.69. The molecule has 1 atom stereocenters. The summed E-state index contributed by atoms with van der Waals surface area (Å²) in [4.78, 5) is 21.6. The number of carbonyl (C=O) groups excluding carboxylic acids is 1. The van der Waals surface area contributed by atoms with Crippen molar-refractivity contribution in [3.05, 3.63) is 39.4 Å². The maximum atomic E-state index is 12.5. The molecule has 2 N–H and O–H groups in total. The Hall–Kier alpha value is -2.16. The highest BCUT2D eigenvalue weighted by atomic mass is 19.4. The SMILES string of the molecule is CCC(O)CCNC(=O)c1ccc(C(F)(F)F)cc1[N+](=O)[O-]. The van der Waals surface area contributed by atoms with Crippen LogP contribution in [0.1, 0.15) is 35.7 Å². The highest BCUT2D eigenvalue weighted by Gasteiger charge is 2.33. The van der Waals surface area contributed by atoms with E-state index in [1.54, 1.807) is 6.92 Å². The molecule has 0 bridgehead atoms. The standard InChI is InChI=1S/C13H15F3N2O4/c1-2-9(19)5-6-17-12(20)10-4-3-8(13(14,15)16)7-11(10)18(21)22/h3-4,7,9,19H,2,5-6H2,1H3,(H,17,20). The Morgan fingerprint density at radius 2 is 2.09 bits per heavy atom. The lowest BCUT2D eigenvalue weighted by atomic mass is 10.1. The molecular formula is C13H15F3N2O4. The van der Waals surface area contributed by atoms with Crippen molar-refractivity contribution in [3.63, 3.8) is 0 Å². The van der Waals surface area contributed by atoms with Crippen LogP contribution in [0.4, 0.5) is 18.9 Å². The molecule has 0 aliphatic rings. The molecule has 1 amide bonds. The second kappa shape index (κ2) is 7.21. The van der Waals surface area contributed by atoms with Gasteiger partial charge in [-0.3, -0.25) is 14.9 Å². The van der Waals surface area contributed by atoms with Crippen molar-refractivity contribution in [1.29, 1.82) is 0 Å². The highest BCUT2D eigenvalue weighted by Crippen LogP contribution is 2.32. The average Bonchev–Trinajstić information content (AvgIpc) is 2.45. The molecule has 0 spiro atoms. The summed E-state index contributed by atoms with van der Waals surface area (Å²) in [5, 5.41) is 22.5. The number of hydrogen-bond donors (Lipinski definition) is 2. The van der Waals surface area contributed by atoms with Crippen LogP contribution in [0.15, 0.2) is 18.2 Å². The van der Waals surface area contributed by atoms with E-state index in [9.17, 15) is 33.2 Å². The van der Waals surface area contributed by atoms with E-state index in [1.165, 1.54) is 0 Å². The molecule has 22 heavy (non-hydrogen) atoms. The summed E-state index contributed by atoms with van der Waals surface area (Å²) in [6.45, 7) is 1.80. The Kier molecular flexibility index (Phi) is 5.86. The number of alkyl halides is 3. The number of carbonyl (C=O) groups is 1. The minimum Gasteiger partial charge on any atom is -0.393 e. The Balaban J connectivity index is 2.94. The summed E-state index contributed by atoms with van der Waals surface area (Å²) in [6, 6.07) is 1.71. The molecule has 0 aliphatic carbocycles. The number of aliphatic hydroxyl groups is 1. The van der Waals surface area contributed by atoms with Crippen LogP contribution in [0.5, 0.6) is 0 Å². The third-order valence-electron chi connectivity index (χ3n) is 3.00. The molecule has 0 fully saturated rings. The quantitative estimate of drug-likeness (QED) is 0.622. The first-order chi connectivity index (χ1) is 10.2. The lowest BCUT2D eigenvalue weighted by molar-refractivity contribution is -0.385. The normalized spacial score (nSPS) is 12.8. The van der Waals surface area contributed by atoms with Gasteiger partial charge in [0, 0.05) is 12.6 Å². The summed E-state index contributed by atoms with van der Waals surface area (Å²) in [5.41, 5.74) is -2.57. The predicted molar refractivity (Wildman–Crippen MR) is 71.3 cm³/mol. The molecule has 1 rings (SSSR count). The smallest absolute Gasteiger partial charge is 0.393 e. The fourth-order valence-electron chi connectivity index (χ4n) is 1.70. The van der Waals surface area contributed by atoms with Gasteiger partial charge in [-0.15, -0.1) is 0 Å². The minimum atomic E-state index is -4.73. The number of benzene rings is 1. The second-order valence-corrected chi connectivity index (χ2v) is 4.59. The minimum absolute atomic E-state index is 0.0615. The van der Waals surface area contributed by atoms with Crippen LogP contribution in [-0.2, 0) is 6.18 Å². The monoisotopic (exact) mass is 320 g/mol. The van der Waals surface area contributed by atoms with Gasteiger partial charge in [-0.1, -0.05) is 6.92 Å². The number of aliphatic hydroxyl groups excluding tert-OH is 1. The van der Waals surface area contributed by atoms with Crippen LogP contribution in [0.3, 0.4) is 0 Å². The van der Waals surface area contributed by atoms with E-state index < -0.39 is 39.9 Å². The Morgan fingerprint density at radius 3 is 2.59 bits per heavy atom. The number of nitrogens with one attached hydrogen (secondary N) is 1. The topological polar surface area (TPSA) is 92.5 Å². The molecule has 0 aliphatic heterocycles. The van der Waals surface area contributed by atoms with Gasteiger partial charge in [0.15, 0.2) is 0 Å². The van der Waals surface area contributed by atoms with Crippen molar-refractivity contribution in [2.45, 2.75) is 32.0 Å². The van der Waals surface area contributed by atoms with Crippen LogP contribution in [0.2, 0.25) is 0 Å². The Labute approximate surface area is 124 Å². The van der Waals surface area contributed by atoms with Crippen molar-refractivity contribution in [2.24, 2.45) is 0 Å². The number of rotatable bonds is 6. The van der Waals surface area contributed by atoms with Crippen LogP contribution >= 0.6 is 0 Å². The number of amides is 1. The average molecular weight is 320 g/mol. The molecule has 0 saturated carbocycles. The largest absolute Gasteiger partial charge is 0.416 e. The highest BCUT2D eigenvalue weighted by molar-refractivity contribution is 5.98. The van der Waals surface area contributed by atoms with E-state index in [0.29, 0.717) is 18.6 Å². The third-order valence-corrected chi connectivity index (χ3v) is 3.00. The van der Waals surface area contributed by atoms with Crippen LogP contribution in [0, 0.1) is 10.1 Å². The first-order valence-corrected chi connectivity index (χ1v) is 6.48. The van der Waals surface area contributed by atoms with Crippen molar-refractivity contribution in [1.82, 2.24) is 5.32 Å². The van der Waals surface area contributed by atoms with E-state index in [4.69, 9.17) is 0 Å². The van der Waals surface area contributed by atoms with E-state index in [-0.39, 0.29) is 13.0 Å². The molecule has 9 heteroatoms. The molecule has 0 heterocycles. The molecule has 0 saturated heterocycles. The molecule has 122 valence electrons. The molecule has 0 radical (unpaired) electrons. The second-order valence-electron chi connectivity index (χ2n) is 4.59. The van der Waals surface area contributed by atoms with E-state index in [0.717, 1.165) is 6.07 Å². The van der Waals surface area contributed by atoms with Gasteiger partial charge < -0.3 is 10.4 Å². The van der Waals surface area contributed by atoms with E-state index >= 15 is 0 Å².